The minimum Gasteiger partial charge on any atom is -0.319 e. The van der Waals surface area contributed by atoms with E-state index in [1.807, 2.05) is 16.8 Å². The molecule has 1 aromatic carbocycles. The van der Waals surface area contributed by atoms with Gasteiger partial charge in [-0.1, -0.05) is 29.8 Å². The second-order valence-corrected chi connectivity index (χ2v) is 6.36. The van der Waals surface area contributed by atoms with Crippen LogP contribution in [0.25, 0.3) is 0 Å². The van der Waals surface area contributed by atoms with Crippen LogP contribution in [-0.2, 0) is 0 Å². The lowest BCUT2D eigenvalue weighted by Gasteiger charge is -2.19. The van der Waals surface area contributed by atoms with Crippen molar-refractivity contribution in [1.82, 2.24) is 9.78 Å². The summed E-state index contributed by atoms with van der Waals surface area (Å²) >= 11 is 8.59. The minimum atomic E-state index is -0.260. The van der Waals surface area contributed by atoms with E-state index in [0.29, 0.717) is 5.02 Å². The molecule has 0 fully saturated rings. The summed E-state index contributed by atoms with van der Waals surface area (Å²) in [6.45, 7) is 6.22. The van der Waals surface area contributed by atoms with Crippen molar-refractivity contribution in [3.63, 3.8) is 0 Å². The number of nitrogens with two attached hydrogens (primary N) is 1. The molecule has 102 valence electrons. The molecule has 2 aromatic rings. The van der Waals surface area contributed by atoms with Crippen molar-refractivity contribution >= 4 is 34.2 Å². The van der Waals surface area contributed by atoms with Crippen LogP contribution >= 0.6 is 34.2 Å². The molecule has 2 N–H and O–H groups in total. The van der Waals surface area contributed by atoms with Crippen LogP contribution in [-0.4, -0.2) is 9.78 Å². The lowest BCUT2D eigenvalue weighted by Crippen LogP contribution is -2.20. The quantitative estimate of drug-likeness (QED) is 0.804. The number of hydrogen-bond donors (Lipinski definition) is 1. The fraction of sp³-hybridized carbons (Fsp3) is 0.357. The van der Waals surface area contributed by atoms with Crippen LogP contribution in [0.1, 0.15) is 42.8 Å². The Balaban J connectivity index is 2.53. The number of nitrogens with zero attached hydrogens (tertiary/aromatic N) is 2. The molecule has 0 bridgehead atoms. The Hall–Kier alpha value is -0.590. The summed E-state index contributed by atoms with van der Waals surface area (Å²) in [4.78, 5) is 0. The van der Waals surface area contributed by atoms with Crippen molar-refractivity contribution in [2.75, 3.05) is 0 Å². The van der Waals surface area contributed by atoms with Gasteiger partial charge in [0.05, 0.1) is 23.0 Å². The summed E-state index contributed by atoms with van der Waals surface area (Å²) < 4.78 is 3.07. The Morgan fingerprint density at radius 3 is 2.68 bits per heavy atom. The molecule has 0 saturated heterocycles. The maximum absolute atomic E-state index is 6.42. The van der Waals surface area contributed by atoms with Crippen molar-refractivity contribution in [1.29, 1.82) is 0 Å². The van der Waals surface area contributed by atoms with Gasteiger partial charge in [0, 0.05) is 9.61 Å². The van der Waals surface area contributed by atoms with Gasteiger partial charge in [-0.05, 0) is 54.5 Å². The van der Waals surface area contributed by atoms with Crippen LogP contribution in [0.15, 0.2) is 24.4 Å². The third kappa shape index (κ3) is 2.80. The summed E-state index contributed by atoms with van der Waals surface area (Å²) in [5.41, 5.74) is 9.61. The third-order valence-electron chi connectivity index (χ3n) is 3.13. The van der Waals surface area contributed by atoms with Gasteiger partial charge >= 0.3 is 0 Å². The Kier molecular flexibility index (Phi) is 4.53. The van der Waals surface area contributed by atoms with Gasteiger partial charge in [-0.3, -0.25) is 4.68 Å². The molecule has 0 saturated carbocycles. The van der Waals surface area contributed by atoms with Crippen LogP contribution in [0, 0.1) is 10.5 Å². The molecule has 1 heterocycles. The lowest BCUT2D eigenvalue weighted by molar-refractivity contribution is 0.499. The Labute approximate surface area is 132 Å². The summed E-state index contributed by atoms with van der Waals surface area (Å²) in [5.74, 6) is 0. The zero-order chi connectivity index (χ0) is 14.2. The summed E-state index contributed by atoms with van der Waals surface area (Å²) in [5, 5.41) is 4.94. The van der Waals surface area contributed by atoms with Gasteiger partial charge < -0.3 is 5.73 Å². The van der Waals surface area contributed by atoms with E-state index in [1.165, 1.54) is 9.13 Å². The normalized spacial score (nSPS) is 13.0. The highest BCUT2D eigenvalue weighted by atomic mass is 127. The maximum atomic E-state index is 6.42. The largest absolute Gasteiger partial charge is 0.319 e. The minimum absolute atomic E-state index is 0.232. The summed E-state index contributed by atoms with van der Waals surface area (Å²) in [7, 11) is 0. The van der Waals surface area contributed by atoms with Crippen LogP contribution in [0.3, 0.4) is 0 Å². The molecule has 0 amide bonds. The van der Waals surface area contributed by atoms with Gasteiger partial charge in [-0.2, -0.15) is 5.10 Å². The van der Waals surface area contributed by atoms with E-state index < -0.39 is 0 Å². The van der Waals surface area contributed by atoms with Crippen molar-refractivity contribution in [3.8, 4) is 0 Å². The lowest BCUT2D eigenvalue weighted by atomic mass is 10.0. The molecule has 0 radical (unpaired) electrons. The van der Waals surface area contributed by atoms with Crippen molar-refractivity contribution in [2.24, 2.45) is 5.73 Å². The highest BCUT2D eigenvalue weighted by Crippen LogP contribution is 2.31. The fourth-order valence-corrected chi connectivity index (χ4v) is 3.05. The van der Waals surface area contributed by atoms with E-state index in [9.17, 15) is 0 Å². The van der Waals surface area contributed by atoms with E-state index in [1.54, 1.807) is 6.20 Å². The molecular weight excluding hydrogens is 373 g/mol. The molecule has 5 heteroatoms. The number of rotatable bonds is 3. The van der Waals surface area contributed by atoms with Crippen LogP contribution in [0.2, 0.25) is 5.02 Å². The second kappa shape index (κ2) is 5.81. The van der Waals surface area contributed by atoms with Crippen LogP contribution in [0.5, 0.6) is 0 Å². The van der Waals surface area contributed by atoms with Gasteiger partial charge in [0.2, 0.25) is 0 Å². The van der Waals surface area contributed by atoms with Gasteiger partial charge in [0.15, 0.2) is 0 Å². The average molecular weight is 390 g/mol. The smallest absolute Gasteiger partial charge is 0.0837 e. The number of halogens is 2. The SMILES string of the molecule is Cc1cccc(C(N)c2c(Cl)cnn2C(C)C)c1I. The molecular formula is C14H17ClIN3. The Morgan fingerprint density at radius 2 is 2.05 bits per heavy atom. The molecule has 1 unspecified atom stereocenters. The molecule has 0 aliphatic rings. The van der Waals surface area contributed by atoms with E-state index in [4.69, 9.17) is 17.3 Å². The molecule has 0 aliphatic carbocycles. The summed E-state index contributed by atoms with van der Waals surface area (Å²) in [6.07, 6.45) is 1.67. The van der Waals surface area contributed by atoms with Crippen molar-refractivity contribution in [2.45, 2.75) is 32.9 Å². The Morgan fingerprint density at radius 1 is 1.37 bits per heavy atom. The van der Waals surface area contributed by atoms with Crippen LogP contribution < -0.4 is 5.73 Å². The first-order valence-electron chi connectivity index (χ1n) is 6.17. The van der Waals surface area contributed by atoms with Crippen molar-refractivity contribution < 1.29 is 0 Å². The molecule has 2 rings (SSSR count). The number of benzene rings is 1. The molecule has 0 spiro atoms. The average Bonchev–Trinajstić information content (AvgIpc) is 2.74. The predicted octanol–water partition coefficient (Wildman–Crippen LogP) is 4.08. The molecule has 1 atom stereocenters. The van der Waals surface area contributed by atoms with Crippen molar-refractivity contribution in [3.05, 3.63) is 49.8 Å². The zero-order valence-corrected chi connectivity index (χ0v) is 14.1. The number of aryl methyl sites for hydroxylation is 1. The van der Waals surface area contributed by atoms with E-state index in [0.717, 1.165) is 11.3 Å². The summed E-state index contributed by atoms with van der Waals surface area (Å²) in [6, 6.07) is 6.13. The van der Waals surface area contributed by atoms with Crippen LogP contribution in [0.4, 0.5) is 0 Å². The number of hydrogen-bond acceptors (Lipinski definition) is 2. The predicted molar refractivity (Wildman–Crippen MR) is 87.5 cm³/mol. The second-order valence-electron chi connectivity index (χ2n) is 4.87. The first-order chi connectivity index (χ1) is 8.93. The molecule has 19 heavy (non-hydrogen) atoms. The van der Waals surface area contributed by atoms with E-state index in [2.05, 4.69) is 54.5 Å². The van der Waals surface area contributed by atoms with Gasteiger partial charge in [0.25, 0.3) is 0 Å². The zero-order valence-electron chi connectivity index (χ0n) is 11.2. The molecule has 1 aromatic heterocycles. The molecule has 3 nitrogen and oxygen atoms in total. The highest BCUT2D eigenvalue weighted by Gasteiger charge is 2.22. The van der Waals surface area contributed by atoms with Gasteiger partial charge in [-0.15, -0.1) is 0 Å². The highest BCUT2D eigenvalue weighted by molar-refractivity contribution is 14.1. The first-order valence-corrected chi connectivity index (χ1v) is 7.62. The monoisotopic (exact) mass is 389 g/mol. The maximum Gasteiger partial charge on any atom is 0.0837 e. The topological polar surface area (TPSA) is 43.8 Å². The van der Waals surface area contributed by atoms with Gasteiger partial charge in [-0.25, -0.2) is 0 Å². The van der Waals surface area contributed by atoms with E-state index >= 15 is 0 Å². The third-order valence-corrected chi connectivity index (χ3v) is 4.89. The fourth-order valence-electron chi connectivity index (χ4n) is 2.11. The number of aromatic nitrogens is 2. The molecule has 0 aliphatic heterocycles. The standard InChI is InChI=1S/C14H17ClIN3/c1-8(2)19-14(11(15)7-18-19)13(17)10-6-4-5-9(3)12(10)16/h4-8,13H,17H2,1-3H3. The van der Waals surface area contributed by atoms with E-state index in [-0.39, 0.29) is 12.1 Å². The Bertz CT molecular complexity index is 592. The van der Waals surface area contributed by atoms with Gasteiger partial charge in [0.1, 0.15) is 0 Å². The first kappa shape index (κ1) is 14.8.